The SMILES string of the molecule is CN=C(NCc1ccc(C(=O)NCC(N)=O)cc1)NCC(O)c1cc2ccccc2s1.I. The summed E-state index contributed by atoms with van der Waals surface area (Å²) in [6.45, 7) is 0.616. The Bertz CT molecular complexity index is 1050. The molecule has 0 aliphatic rings. The molecule has 0 aliphatic carbocycles. The van der Waals surface area contributed by atoms with Crippen molar-refractivity contribution in [3.05, 3.63) is 70.6 Å². The number of thiophene rings is 1. The summed E-state index contributed by atoms with van der Waals surface area (Å²) in [6.07, 6.45) is -0.644. The van der Waals surface area contributed by atoms with E-state index in [9.17, 15) is 14.7 Å². The number of aliphatic hydroxyl groups is 1. The second-order valence-electron chi connectivity index (χ2n) is 6.85. The number of benzene rings is 2. The van der Waals surface area contributed by atoms with Crippen molar-refractivity contribution in [3.63, 3.8) is 0 Å². The van der Waals surface area contributed by atoms with E-state index in [-0.39, 0.29) is 36.4 Å². The predicted octanol–water partition coefficient (Wildman–Crippen LogP) is 2.13. The highest BCUT2D eigenvalue weighted by Gasteiger charge is 2.12. The average Bonchev–Trinajstić information content (AvgIpc) is 3.22. The largest absolute Gasteiger partial charge is 0.386 e. The first-order chi connectivity index (χ1) is 15.0. The van der Waals surface area contributed by atoms with Crippen LogP contribution in [0.1, 0.15) is 26.9 Å². The lowest BCUT2D eigenvalue weighted by Gasteiger charge is -2.15. The molecule has 32 heavy (non-hydrogen) atoms. The van der Waals surface area contributed by atoms with E-state index in [1.54, 1.807) is 30.5 Å². The zero-order valence-corrected chi connectivity index (χ0v) is 20.6. The predicted molar refractivity (Wildman–Crippen MR) is 138 cm³/mol. The van der Waals surface area contributed by atoms with Crippen LogP contribution in [0.5, 0.6) is 0 Å². The second-order valence-corrected chi connectivity index (χ2v) is 7.97. The Morgan fingerprint density at radius 3 is 2.47 bits per heavy atom. The molecule has 170 valence electrons. The molecule has 0 saturated carbocycles. The molecule has 1 atom stereocenters. The smallest absolute Gasteiger partial charge is 0.251 e. The maximum absolute atomic E-state index is 11.9. The van der Waals surface area contributed by atoms with E-state index in [0.717, 1.165) is 20.5 Å². The summed E-state index contributed by atoms with van der Waals surface area (Å²) < 4.78 is 1.14. The van der Waals surface area contributed by atoms with Crippen molar-refractivity contribution in [1.29, 1.82) is 0 Å². The summed E-state index contributed by atoms with van der Waals surface area (Å²) in [5.41, 5.74) is 6.41. The minimum absolute atomic E-state index is 0. The number of halogens is 1. The molecule has 2 aromatic carbocycles. The van der Waals surface area contributed by atoms with Crippen molar-refractivity contribution >= 4 is 63.2 Å². The van der Waals surface area contributed by atoms with Gasteiger partial charge >= 0.3 is 0 Å². The number of aliphatic imine (C=N–C) groups is 1. The van der Waals surface area contributed by atoms with Crippen molar-refractivity contribution in [2.75, 3.05) is 20.1 Å². The summed E-state index contributed by atoms with van der Waals surface area (Å²) in [7, 11) is 1.66. The Balaban J connectivity index is 0.00000363. The fourth-order valence-corrected chi connectivity index (χ4v) is 3.96. The lowest BCUT2D eigenvalue weighted by molar-refractivity contribution is -0.117. The molecule has 8 nitrogen and oxygen atoms in total. The third kappa shape index (κ3) is 7.18. The van der Waals surface area contributed by atoms with Crippen LogP contribution in [0.2, 0.25) is 0 Å². The van der Waals surface area contributed by atoms with Gasteiger partial charge in [-0.05, 0) is 35.2 Å². The number of nitrogens with one attached hydrogen (secondary N) is 3. The highest BCUT2D eigenvalue weighted by molar-refractivity contribution is 14.0. The first-order valence-corrected chi connectivity index (χ1v) is 10.5. The van der Waals surface area contributed by atoms with Crippen LogP contribution in [0.3, 0.4) is 0 Å². The van der Waals surface area contributed by atoms with Gasteiger partial charge in [0.15, 0.2) is 5.96 Å². The fraction of sp³-hybridized carbons (Fsp3) is 0.227. The molecule has 0 bridgehead atoms. The van der Waals surface area contributed by atoms with E-state index in [2.05, 4.69) is 20.9 Å². The lowest BCUT2D eigenvalue weighted by Crippen LogP contribution is -2.38. The molecule has 0 fully saturated rings. The van der Waals surface area contributed by atoms with Crippen LogP contribution in [0, 0.1) is 0 Å². The third-order valence-electron chi connectivity index (χ3n) is 4.56. The maximum Gasteiger partial charge on any atom is 0.251 e. The van der Waals surface area contributed by atoms with Crippen LogP contribution in [0.4, 0.5) is 0 Å². The molecule has 3 aromatic rings. The van der Waals surface area contributed by atoms with Gasteiger partial charge in [-0.3, -0.25) is 14.6 Å². The molecule has 0 radical (unpaired) electrons. The van der Waals surface area contributed by atoms with Crippen LogP contribution in [0.15, 0.2) is 59.6 Å². The van der Waals surface area contributed by atoms with E-state index in [4.69, 9.17) is 5.73 Å². The number of nitrogens with two attached hydrogens (primary N) is 1. The van der Waals surface area contributed by atoms with Gasteiger partial charge in [-0.15, -0.1) is 35.3 Å². The van der Waals surface area contributed by atoms with Crippen LogP contribution >= 0.6 is 35.3 Å². The Hall–Kier alpha value is -2.70. The number of aliphatic hydroxyl groups excluding tert-OH is 1. The number of nitrogens with zero attached hydrogens (tertiary/aromatic N) is 1. The quantitative estimate of drug-likeness (QED) is 0.162. The number of hydrogen-bond donors (Lipinski definition) is 5. The third-order valence-corrected chi connectivity index (χ3v) is 5.78. The van der Waals surface area contributed by atoms with Gasteiger partial charge in [0.25, 0.3) is 5.91 Å². The minimum atomic E-state index is -0.644. The van der Waals surface area contributed by atoms with Gasteiger partial charge in [-0.1, -0.05) is 30.3 Å². The number of primary amides is 1. The van der Waals surface area contributed by atoms with Crippen LogP contribution < -0.4 is 21.7 Å². The number of amides is 2. The summed E-state index contributed by atoms with van der Waals surface area (Å²) in [6, 6.07) is 17.0. The standard InChI is InChI=1S/C22H25N5O3S.HI/c1-24-22(27-12-17(28)19-10-16-4-2-3-5-18(16)31-19)26-11-14-6-8-15(9-7-14)21(30)25-13-20(23)29;/h2-10,17,28H,11-13H2,1H3,(H2,23,29)(H,25,30)(H2,24,26,27);1H. The topological polar surface area (TPSA) is 129 Å². The maximum atomic E-state index is 11.9. The normalized spacial score (nSPS) is 12.0. The molecular weight excluding hydrogens is 541 g/mol. The van der Waals surface area contributed by atoms with Crippen molar-refractivity contribution in [1.82, 2.24) is 16.0 Å². The van der Waals surface area contributed by atoms with Gasteiger partial charge in [0.1, 0.15) is 6.10 Å². The Morgan fingerprint density at radius 2 is 1.81 bits per heavy atom. The van der Waals surface area contributed by atoms with Crippen molar-refractivity contribution in [2.45, 2.75) is 12.6 Å². The van der Waals surface area contributed by atoms with Crippen LogP contribution in [-0.4, -0.2) is 43.0 Å². The zero-order chi connectivity index (χ0) is 22.2. The first-order valence-electron chi connectivity index (χ1n) is 9.72. The number of guanidine groups is 1. The van der Waals surface area contributed by atoms with Crippen molar-refractivity contribution < 1.29 is 14.7 Å². The Kier molecular flexibility index (Phi) is 9.88. The van der Waals surface area contributed by atoms with Crippen molar-refractivity contribution in [2.24, 2.45) is 10.7 Å². The molecule has 0 spiro atoms. The van der Waals surface area contributed by atoms with Crippen molar-refractivity contribution in [3.8, 4) is 0 Å². The van der Waals surface area contributed by atoms with Gasteiger partial charge in [-0.2, -0.15) is 0 Å². The van der Waals surface area contributed by atoms with E-state index >= 15 is 0 Å². The molecule has 1 aromatic heterocycles. The minimum Gasteiger partial charge on any atom is -0.386 e. The first kappa shape index (κ1) is 25.6. The second kappa shape index (κ2) is 12.4. The molecule has 2 amide bonds. The Labute approximate surface area is 207 Å². The summed E-state index contributed by atoms with van der Waals surface area (Å²) >= 11 is 1.57. The number of fused-ring (bicyclic) bond motifs is 1. The number of carbonyl (C=O) groups excluding carboxylic acids is 2. The van der Waals surface area contributed by atoms with E-state index < -0.39 is 12.0 Å². The van der Waals surface area contributed by atoms with Gasteiger partial charge in [-0.25, -0.2) is 0 Å². The highest BCUT2D eigenvalue weighted by atomic mass is 127. The average molecular weight is 567 g/mol. The zero-order valence-electron chi connectivity index (χ0n) is 17.5. The van der Waals surface area contributed by atoms with Gasteiger partial charge in [0, 0.05) is 35.3 Å². The monoisotopic (exact) mass is 567 g/mol. The van der Waals surface area contributed by atoms with E-state index in [1.807, 2.05) is 42.5 Å². The molecule has 10 heteroatoms. The van der Waals surface area contributed by atoms with Gasteiger partial charge in [0.2, 0.25) is 5.91 Å². The van der Waals surface area contributed by atoms with Crippen LogP contribution in [0.25, 0.3) is 10.1 Å². The summed E-state index contributed by atoms with van der Waals surface area (Å²) in [5.74, 6) is -0.389. The molecule has 3 rings (SSSR count). The van der Waals surface area contributed by atoms with E-state index in [1.165, 1.54) is 0 Å². The number of hydrogen-bond acceptors (Lipinski definition) is 5. The number of carbonyl (C=O) groups is 2. The lowest BCUT2D eigenvalue weighted by atomic mass is 10.1. The van der Waals surface area contributed by atoms with Gasteiger partial charge in [0.05, 0.1) is 6.54 Å². The Morgan fingerprint density at radius 1 is 1.09 bits per heavy atom. The molecular formula is C22H26IN5O3S. The molecule has 1 unspecified atom stereocenters. The van der Waals surface area contributed by atoms with E-state index in [0.29, 0.717) is 24.6 Å². The number of rotatable bonds is 8. The molecule has 1 heterocycles. The summed E-state index contributed by atoms with van der Waals surface area (Å²) in [4.78, 5) is 27.7. The summed E-state index contributed by atoms with van der Waals surface area (Å²) in [5, 5.41) is 20.4. The molecule has 0 aliphatic heterocycles. The highest BCUT2D eigenvalue weighted by Crippen LogP contribution is 2.29. The molecule has 0 saturated heterocycles. The van der Waals surface area contributed by atoms with Crippen LogP contribution in [-0.2, 0) is 11.3 Å². The van der Waals surface area contributed by atoms with Gasteiger partial charge < -0.3 is 26.8 Å². The fourth-order valence-electron chi connectivity index (χ4n) is 2.91. The molecule has 6 N–H and O–H groups in total.